The van der Waals surface area contributed by atoms with Crippen LogP contribution in [0.25, 0.3) is 0 Å². The van der Waals surface area contributed by atoms with Gasteiger partial charge in [-0.3, -0.25) is 4.79 Å². The topological polar surface area (TPSA) is 54.7 Å². The highest BCUT2D eigenvalue weighted by molar-refractivity contribution is 5.95. The highest BCUT2D eigenvalue weighted by atomic mass is 35.5. The van der Waals surface area contributed by atoms with Gasteiger partial charge in [0.1, 0.15) is 11.5 Å². The Bertz CT molecular complexity index is 671. The largest absolute Gasteiger partial charge is 0.496 e. The van der Waals surface area contributed by atoms with Crippen LogP contribution in [0.3, 0.4) is 0 Å². The molecule has 1 aliphatic rings. The number of carbonyl (C=O) groups is 1. The van der Waals surface area contributed by atoms with E-state index in [0.29, 0.717) is 24.4 Å². The molecule has 1 aliphatic heterocycles. The first-order chi connectivity index (χ1) is 10.7. The van der Waals surface area contributed by atoms with E-state index < -0.39 is 0 Å². The predicted octanol–water partition coefficient (Wildman–Crippen LogP) is 2.81. The van der Waals surface area contributed by atoms with Gasteiger partial charge < -0.3 is 19.4 Å². The number of methoxy groups -OCH3 is 1. The van der Waals surface area contributed by atoms with Gasteiger partial charge in [0, 0.05) is 25.2 Å². The number of rotatable bonds is 3. The standard InChI is InChI=1S/C17H20N2O3.ClH/c1-12-13(7-10-22-12)17(20)19-9-8-18-11-15(19)14-5-3-4-6-16(14)21-2;/h3-7,10,15,18H,8-9,11H2,1-2H3;1H. The SMILES string of the molecule is COc1ccccc1C1CNCCN1C(=O)c1ccoc1C.Cl. The Morgan fingerprint density at radius 3 is 2.83 bits per heavy atom. The third-order valence-electron chi connectivity index (χ3n) is 4.09. The highest BCUT2D eigenvalue weighted by Crippen LogP contribution is 2.31. The minimum absolute atomic E-state index is 0. The molecule has 1 saturated heterocycles. The lowest BCUT2D eigenvalue weighted by Crippen LogP contribution is -2.48. The van der Waals surface area contributed by atoms with Crippen molar-refractivity contribution in [2.24, 2.45) is 0 Å². The van der Waals surface area contributed by atoms with Crippen molar-refractivity contribution in [1.82, 2.24) is 10.2 Å². The molecule has 1 fully saturated rings. The van der Waals surface area contributed by atoms with Crippen LogP contribution in [0.5, 0.6) is 5.75 Å². The average molecular weight is 337 g/mol. The molecule has 2 heterocycles. The molecule has 2 aromatic rings. The lowest BCUT2D eigenvalue weighted by atomic mass is 10.0. The number of para-hydroxylation sites is 1. The number of benzene rings is 1. The second-order valence-corrected chi connectivity index (χ2v) is 5.35. The maximum Gasteiger partial charge on any atom is 0.257 e. The molecule has 1 N–H and O–H groups in total. The molecular weight excluding hydrogens is 316 g/mol. The van der Waals surface area contributed by atoms with Gasteiger partial charge in [0.15, 0.2) is 0 Å². The van der Waals surface area contributed by atoms with Gasteiger partial charge >= 0.3 is 0 Å². The molecule has 1 unspecified atom stereocenters. The summed E-state index contributed by atoms with van der Waals surface area (Å²) in [6.45, 7) is 3.97. The van der Waals surface area contributed by atoms with Crippen molar-refractivity contribution in [3.8, 4) is 5.75 Å². The molecule has 0 aliphatic carbocycles. The summed E-state index contributed by atoms with van der Waals surface area (Å²) in [4.78, 5) is 14.8. The summed E-state index contributed by atoms with van der Waals surface area (Å²) >= 11 is 0. The molecule has 1 amide bonds. The van der Waals surface area contributed by atoms with Crippen LogP contribution in [0.1, 0.15) is 27.7 Å². The molecule has 6 heteroatoms. The van der Waals surface area contributed by atoms with Crippen LogP contribution >= 0.6 is 12.4 Å². The van der Waals surface area contributed by atoms with E-state index >= 15 is 0 Å². The smallest absolute Gasteiger partial charge is 0.257 e. The van der Waals surface area contributed by atoms with E-state index in [1.54, 1.807) is 19.4 Å². The van der Waals surface area contributed by atoms with Gasteiger partial charge in [-0.1, -0.05) is 18.2 Å². The van der Waals surface area contributed by atoms with Crippen molar-refractivity contribution >= 4 is 18.3 Å². The fourth-order valence-electron chi connectivity index (χ4n) is 2.93. The van der Waals surface area contributed by atoms with Crippen LogP contribution in [0.4, 0.5) is 0 Å². The van der Waals surface area contributed by atoms with Gasteiger partial charge in [0.25, 0.3) is 5.91 Å². The van der Waals surface area contributed by atoms with Crippen molar-refractivity contribution in [2.75, 3.05) is 26.7 Å². The number of nitrogens with zero attached hydrogens (tertiary/aromatic N) is 1. The lowest BCUT2D eigenvalue weighted by Gasteiger charge is -2.37. The van der Waals surface area contributed by atoms with Gasteiger partial charge in [-0.05, 0) is 19.1 Å². The van der Waals surface area contributed by atoms with E-state index in [-0.39, 0.29) is 24.4 Å². The van der Waals surface area contributed by atoms with Crippen LogP contribution in [0.2, 0.25) is 0 Å². The van der Waals surface area contributed by atoms with E-state index in [4.69, 9.17) is 9.15 Å². The van der Waals surface area contributed by atoms with Crippen LogP contribution in [0.15, 0.2) is 41.0 Å². The molecule has 1 aromatic carbocycles. The van der Waals surface area contributed by atoms with Crippen LogP contribution in [-0.4, -0.2) is 37.6 Å². The summed E-state index contributed by atoms with van der Waals surface area (Å²) < 4.78 is 10.7. The van der Waals surface area contributed by atoms with Crippen LogP contribution in [0, 0.1) is 6.92 Å². The second-order valence-electron chi connectivity index (χ2n) is 5.35. The first-order valence-electron chi connectivity index (χ1n) is 7.41. The number of aryl methyl sites for hydroxylation is 1. The quantitative estimate of drug-likeness (QED) is 0.936. The van der Waals surface area contributed by atoms with Gasteiger partial charge in [-0.2, -0.15) is 0 Å². The summed E-state index contributed by atoms with van der Waals surface area (Å²) in [7, 11) is 1.65. The molecular formula is C17H21ClN2O3. The number of ether oxygens (including phenoxy) is 1. The van der Waals surface area contributed by atoms with Crippen molar-refractivity contribution in [3.63, 3.8) is 0 Å². The second kappa shape index (κ2) is 7.53. The number of carbonyl (C=O) groups excluding carboxylic acids is 1. The van der Waals surface area contributed by atoms with Crippen LogP contribution < -0.4 is 10.1 Å². The van der Waals surface area contributed by atoms with E-state index in [0.717, 1.165) is 17.9 Å². The Morgan fingerprint density at radius 2 is 2.13 bits per heavy atom. The zero-order valence-corrected chi connectivity index (χ0v) is 14.1. The third kappa shape index (κ3) is 3.35. The van der Waals surface area contributed by atoms with E-state index in [1.165, 1.54) is 0 Å². The van der Waals surface area contributed by atoms with Crippen molar-refractivity contribution in [3.05, 3.63) is 53.5 Å². The Balaban J connectivity index is 0.00000192. The Morgan fingerprint density at radius 1 is 1.35 bits per heavy atom. The molecule has 1 atom stereocenters. The third-order valence-corrected chi connectivity index (χ3v) is 4.09. The summed E-state index contributed by atoms with van der Waals surface area (Å²) in [5.74, 6) is 1.46. The maximum absolute atomic E-state index is 12.9. The highest BCUT2D eigenvalue weighted by Gasteiger charge is 2.31. The monoisotopic (exact) mass is 336 g/mol. The molecule has 0 saturated carbocycles. The van der Waals surface area contributed by atoms with E-state index in [2.05, 4.69) is 5.32 Å². The van der Waals surface area contributed by atoms with Gasteiger partial charge in [-0.25, -0.2) is 0 Å². The summed E-state index contributed by atoms with van der Waals surface area (Å²) in [5, 5.41) is 3.36. The van der Waals surface area contributed by atoms with Gasteiger partial charge in [0.2, 0.25) is 0 Å². The minimum Gasteiger partial charge on any atom is -0.496 e. The number of hydrogen-bond acceptors (Lipinski definition) is 4. The fourth-order valence-corrected chi connectivity index (χ4v) is 2.93. The normalized spacial score (nSPS) is 17.5. The number of amides is 1. The fraction of sp³-hybridized carbons (Fsp3) is 0.353. The average Bonchev–Trinajstić information content (AvgIpc) is 3.00. The number of piperazine rings is 1. The van der Waals surface area contributed by atoms with E-state index in [1.807, 2.05) is 36.1 Å². The predicted molar refractivity (Wildman–Crippen MR) is 90.3 cm³/mol. The Labute approximate surface area is 142 Å². The van der Waals surface area contributed by atoms with Crippen molar-refractivity contribution in [1.29, 1.82) is 0 Å². The summed E-state index contributed by atoms with van der Waals surface area (Å²) in [5.41, 5.74) is 1.65. The molecule has 3 rings (SSSR count). The zero-order valence-electron chi connectivity index (χ0n) is 13.2. The number of furan rings is 1. The number of halogens is 1. The van der Waals surface area contributed by atoms with Gasteiger partial charge in [0.05, 0.1) is 25.0 Å². The molecule has 0 spiro atoms. The molecule has 124 valence electrons. The van der Waals surface area contributed by atoms with Crippen molar-refractivity contribution < 1.29 is 13.9 Å². The summed E-state index contributed by atoms with van der Waals surface area (Å²) in [6, 6.07) is 9.53. The number of hydrogen-bond donors (Lipinski definition) is 1. The molecule has 5 nitrogen and oxygen atoms in total. The molecule has 23 heavy (non-hydrogen) atoms. The van der Waals surface area contributed by atoms with Gasteiger partial charge in [-0.15, -0.1) is 12.4 Å². The first kappa shape index (κ1) is 17.4. The summed E-state index contributed by atoms with van der Waals surface area (Å²) in [6.07, 6.45) is 1.56. The number of nitrogens with one attached hydrogen (secondary N) is 1. The van der Waals surface area contributed by atoms with E-state index in [9.17, 15) is 4.79 Å². The minimum atomic E-state index is -0.0494. The lowest BCUT2D eigenvalue weighted by molar-refractivity contribution is 0.0630. The Hall–Kier alpha value is -1.98. The molecule has 1 aromatic heterocycles. The zero-order chi connectivity index (χ0) is 15.5. The maximum atomic E-state index is 12.9. The first-order valence-corrected chi connectivity index (χ1v) is 7.41. The Kier molecular flexibility index (Phi) is 5.69. The van der Waals surface area contributed by atoms with Crippen LogP contribution in [-0.2, 0) is 0 Å². The molecule has 0 radical (unpaired) electrons. The molecule has 0 bridgehead atoms. The van der Waals surface area contributed by atoms with Crippen molar-refractivity contribution in [2.45, 2.75) is 13.0 Å².